The van der Waals surface area contributed by atoms with Crippen LogP contribution in [0.5, 0.6) is 0 Å². The van der Waals surface area contributed by atoms with Crippen LogP contribution in [-0.2, 0) is 0 Å². The fourth-order valence-electron chi connectivity index (χ4n) is 7.23. The molecule has 0 spiro atoms. The van der Waals surface area contributed by atoms with E-state index in [4.69, 9.17) is 4.42 Å². The van der Waals surface area contributed by atoms with E-state index in [1.807, 2.05) is 12.1 Å². The van der Waals surface area contributed by atoms with Gasteiger partial charge in [-0.2, -0.15) is 0 Å². The molecule has 7 aromatic carbocycles. The predicted molar refractivity (Wildman–Crippen MR) is 188 cm³/mol. The molecule has 45 heavy (non-hydrogen) atoms. The molecule has 0 saturated heterocycles. The summed E-state index contributed by atoms with van der Waals surface area (Å²) in [4.78, 5) is 3.64. The minimum Gasteiger partial charge on any atom is -0.455 e. The summed E-state index contributed by atoms with van der Waals surface area (Å²) >= 11 is 0. The van der Waals surface area contributed by atoms with Crippen molar-refractivity contribution in [3.05, 3.63) is 152 Å². The van der Waals surface area contributed by atoms with Crippen molar-refractivity contribution in [3.8, 4) is 27.9 Å². The van der Waals surface area contributed by atoms with Gasteiger partial charge < -0.3 is 14.0 Å². The molecule has 3 heteroatoms. The Hall–Kier alpha value is -6.06. The van der Waals surface area contributed by atoms with Gasteiger partial charge in [-0.15, -0.1) is 0 Å². The molecule has 10 rings (SSSR count). The molecule has 3 nitrogen and oxygen atoms in total. The van der Waals surface area contributed by atoms with Crippen LogP contribution < -0.4 is 0 Å². The first-order valence-electron chi connectivity index (χ1n) is 15.4. The first kappa shape index (κ1) is 24.4. The first-order chi connectivity index (χ1) is 22.3. The Balaban J connectivity index is 1.14. The molecule has 0 radical (unpaired) electrons. The van der Waals surface area contributed by atoms with Gasteiger partial charge in [0.25, 0.3) is 0 Å². The van der Waals surface area contributed by atoms with E-state index >= 15 is 0 Å². The number of nitrogens with one attached hydrogen (secondary N) is 1. The highest BCUT2D eigenvalue weighted by atomic mass is 16.3. The fourth-order valence-corrected chi connectivity index (χ4v) is 7.23. The summed E-state index contributed by atoms with van der Waals surface area (Å²) in [6.45, 7) is 0. The van der Waals surface area contributed by atoms with Gasteiger partial charge in [-0.05, 0) is 77.4 Å². The van der Waals surface area contributed by atoms with Gasteiger partial charge in [0.15, 0.2) is 0 Å². The van der Waals surface area contributed by atoms with E-state index in [-0.39, 0.29) is 0 Å². The van der Waals surface area contributed by atoms with Crippen molar-refractivity contribution in [3.63, 3.8) is 0 Å². The Kier molecular flexibility index (Phi) is 5.00. The third kappa shape index (κ3) is 3.58. The van der Waals surface area contributed by atoms with Crippen LogP contribution in [0.4, 0.5) is 0 Å². The molecule has 1 N–H and O–H groups in total. The highest BCUT2D eigenvalue weighted by Crippen LogP contribution is 2.39. The average molecular weight is 575 g/mol. The molecule has 0 aliphatic rings. The fraction of sp³-hybridized carbons (Fsp3) is 0. The van der Waals surface area contributed by atoms with E-state index in [0.29, 0.717) is 0 Å². The Bertz CT molecular complexity index is 2760. The van der Waals surface area contributed by atoms with Crippen molar-refractivity contribution < 1.29 is 4.42 Å². The molecular formula is C42H26N2O. The highest BCUT2D eigenvalue weighted by molar-refractivity contribution is 6.14. The number of hydrogen-bond acceptors (Lipinski definition) is 1. The number of furan rings is 1. The van der Waals surface area contributed by atoms with E-state index in [0.717, 1.165) is 44.1 Å². The van der Waals surface area contributed by atoms with Gasteiger partial charge in [-0.3, -0.25) is 0 Å². The summed E-state index contributed by atoms with van der Waals surface area (Å²) in [5.41, 5.74) is 12.4. The molecule has 0 unspecified atom stereocenters. The summed E-state index contributed by atoms with van der Waals surface area (Å²) in [6.07, 6.45) is 0. The highest BCUT2D eigenvalue weighted by Gasteiger charge is 2.16. The summed E-state index contributed by atoms with van der Waals surface area (Å²) in [7, 11) is 0. The van der Waals surface area contributed by atoms with Gasteiger partial charge in [0.05, 0.1) is 11.0 Å². The van der Waals surface area contributed by atoms with Crippen molar-refractivity contribution in [1.29, 1.82) is 0 Å². The third-order valence-electron chi connectivity index (χ3n) is 9.33. The molecule has 0 bridgehead atoms. The Morgan fingerprint density at radius 2 is 1.04 bits per heavy atom. The number of para-hydroxylation sites is 4. The molecule has 10 aromatic rings. The Morgan fingerprint density at radius 1 is 0.422 bits per heavy atom. The minimum atomic E-state index is 0.918. The summed E-state index contributed by atoms with van der Waals surface area (Å²) in [5.74, 6) is 0. The van der Waals surface area contributed by atoms with Gasteiger partial charge in [-0.1, -0.05) is 91.0 Å². The predicted octanol–water partition coefficient (Wildman–Crippen LogP) is 11.7. The minimum absolute atomic E-state index is 0.918. The number of benzene rings is 7. The number of nitrogens with zero attached hydrogens (tertiary/aromatic N) is 1. The van der Waals surface area contributed by atoms with Crippen molar-refractivity contribution in [2.75, 3.05) is 0 Å². The number of fused-ring (bicyclic) bond motifs is 9. The average Bonchev–Trinajstić information content (AvgIpc) is 3.77. The molecule has 0 fully saturated rings. The van der Waals surface area contributed by atoms with Crippen LogP contribution in [0.1, 0.15) is 0 Å². The van der Waals surface area contributed by atoms with Crippen molar-refractivity contribution in [1.82, 2.24) is 9.55 Å². The van der Waals surface area contributed by atoms with E-state index in [2.05, 4.69) is 149 Å². The van der Waals surface area contributed by atoms with Crippen LogP contribution in [0, 0.1) is 0 Å². The SMILES string of the molecule is c1ccc(-n2c3ccccc3c3cc(-c4ccc5[nH]c6ccc(-c7cccc8c7oc7ccccc78)cc6c5c4)ccc32)cc1. The molecule has 0 atom stereocenters. The number of H-pyrrole nitrogens is 1. The van der Waals surface area contributed by atoms with Gasteiger partial charge >= 0.3 is 0 Å². The second-order valence-electron chi connectivity index (χ2n) is 11.8. The van der Waals surface area contributed by atoms with E-state index in [1.54, 1.807) is 0 Å². The number of aromatic nitrogens is 2. The lowest BCUT2D eigenvalue weighted by atomic mass is 9.98. The van der Waals surface area contributed by atoms with Crippen LogP contribution in [0.25, 0.3) is 93.5 Å². The molecule has 0 saturated carbocycles. The maximum Gasteiger partial charge on any atom is 0.143 e. The molecule has 0 amide bonds. The summed E-state index contributed by atoms with van der Waals surface area (Å²) in [6, 6.07) is 54.3. The molecule has 0 aliphatic heterocycles. The molecule has 210 valence electrons. The van der Waals surface area contributed by atoms with E-state index in [1.165, 1.54) is 49.4 Å². The lowest BCUT2D eigenvalue weighted by Gasteiger charge is -2.08. The number of hydrogen-bond donors (Lipinski definition) is 1. The van der Waals surface area contributed by atoms with Gasteiger partial charge in [-0.25, -0.2) is 0 Å². The standard InChI is InChI=1S/C42H26N2O/c1-2-9-29(10-3-1)44-39-15-6-4-11-31(39)36-24-27(19-22-40(36)44)26-17-20-37-34(23-26)35-25-28(18-21-38(35)43-37)30-13-8-14-33-32-12-5-7-16-41(32)45-42(30)33/h1-25,43H. The first-order valence-corrected chi connectivity index (χ1v) is 15.4. The number of rotatable bonds is 3. The third-order valence-corrected chi connectivity index (χ3v) is 9.33. The lowest BCUT2D eigenvalue weighted by molar-refractivity contribution is 0.670. The number of aromatic amines is 1. The van der Waals surface area contributed by atoms with E-state index in [9.17, 15) is 0 Å². The van der Waals surface area contributed by atoms with Crippen molar-refractivity contribution in [2.45, 2.75) is 0 Å². The van der Waals surface area contributed by atoms with Gasteiger partial charge in [0.1, 0.15) is 11.2 Å². The Morgan fingerprint density at radius 3 is 1.89 bits per heavy atom. The van der Waals surface area contributed by atoms with Crippen LogP contribution >= 0.6 is 0 Å². The van der Waals surface area contributed by atoms with Crippen LogP contribution in [-0.4, -0.2) is 9.55 Å². The van der Waals surface area contributed by atoms with Crippen LogP contribution in [0.2, 0.25) is 0 Å². The quantitative estimate of drug-likeness (QED) is 0.224. The zero-order valence-electron chi connectivity index (χ0n) is 24.3. The summed E-state index contributed by atoms with van der Waals surface area (Å²) < 4.78 is 8.74. The molecule has 3 heterocycles. The maximum absolute atomic E-state index is 6.38. The topological polar surface area (TPSA) is 33.9 Å². The monoisotopic (exact) mass is 574 g/mol. The zero-order chi connectivity index (χ0) is 29.5. The van der Waals surface area contributed by atoms with Gasteiger partial charge in [0, 0.05) is 54.6 Å². The largest absolute Gasteiger partial charge is 0.455 e. The second-order valence-corrected chi connectivity index (χ2v) is 11.8. The maximum atomic E-state index is 6.38. The molecule has 3 aromatic heterocycles. The normalized spacial score (nSPS) is 12.0. The molecule has 0 aliphatic carbocycles. The van der Waals surface area contributed by atoms with Crippen LogP contribution in [0.15, 0.2) is 156 Å². The molecular weight excluding hydrogens is 548 g/mol. The summed E-state index contributed by atoms with van der Waals surface area (Å²) in [5, 5.41) is 7.24. The lowest BCUT2D eigenvalue weighted by Crippen LogP contribution is -1.92. The van der Waals surface area contributed by atoms with Crippen molar-refractivity contribution >= 4 is 65.6 Å². The van der Waals surface area contributed by atoms with Crippen molar-refractivity contribution in [2.24, 2.45) is 0 Å². The second kappa shape index (κ2) is 9.22. The van der Waals surface area contributed by atoms with E-state index < -0.39 is 0 Å². The zero-order valence-corrected chi connectivity index (χ0v) is 24.3. The smallest absolute Gasteiger partial charge is 0.143 e. The van der Waals surface area contributed by atoms with Gasteiger partial charge in [0.2, 0.25) is 0 Å². The van der Waals surface area contributed by atoms with Crippen LogP contribution in [0.3, 0.4) is 0 Å². The Labute approximate surface area is 258 Å².